The lowest BCUT2D eigenvalue weighted by molar-refractivity contribution is 0.591. The van der Waals surface area contributed by atoms with Crippen LogP contribution in [0.5, 0.6) is 0 Å². The normalized spacial score (nSPS) is 19.2. The molecule has 3 heterocycles. The van der Waals surface area contributed by atoms with Gasteiger partial charge in [-0.15, -0.1) is 0 Å². The number of nitrogens with one attached hydrogen (secondary N) is 2. The number of nitrogens with zero attached hydrogens (tertiary/aromatic N) is 1. The van der Waals surface area contributed by atoms with Crippen molar-refractivity contribution in [3.8, 4) is 0 Å². The number of fused-ring (bicyclic) bond motifs is 4. The third-order valence-corrected chi connectivity index (χ3v) is 11.0. The molecule has 0 spiro atoms. The van der Waals surface area contributed by atoms with E-state index in [2.05, 4.69) is 193 Å². The van der Waals surface area contributed by atoms with Crippen LogP contribution in [0.3, 0.4) is 0 Å². The number of hydrogen-bond donors (Lipinski definition) is 2. The summed E-state index contributed by atoms with van der Waals surface area (Å²) in [6.45, 7) is 5.36. The Morgan fingerprint density at radius 1 is 0.836 bits per heavy atom. The van der Waals surface area contributed by atoms with Crippen molar-refractivity contribution in [2.24, 2.45) is 11.8 Å². The van der Waals surface area contributed by atoms with Crippen molar-refractivity contribution in [2.45, 2.75) is 52.4 Å². The van der Waals surface area contributed by atoms with Gasteiger partial charge in [-0.25, -0.2) is 0 Å². The Hall–Kier alpha value is -6.00. The fraction of sp³-hybridized carbons (Fsp3) is 0.216. The molecule has 0 fully saturated rings. The highest BCUT2D eigenvalue weighted by molar-refractivity contribution is 5.90. The van der Waals surface area contributed by atoms with Crippen LogP contribution in [-0.4, -0.2) is 6.54 Å². The van der Waals surface area contributed by atoms with E-state index < -0.39 is 0 Å². The van der Waals surface area contributed by atoms with Crippen molar-refractivity contribution in [3.63, 3.8) is 0 Å². The first-order valence-electron chi connectivity index (χ1n) is 20.0. The van der Waals surface area contributed by atoms with E-state index in [4.69, 9.17) is 4.42 Å². The summed E-state index contributed by atoms with van der Waals surface area (Å²) in [4.78, 5) is 2.49. The first-order valence-corrected chi connectivity index (χ1v) is 20.0. The summed E-state index contributed by atoms with van der Waals surface area (Å²) in [5.41, 5.74) is 13.4. The lowest BCUT2D eigenvalue weighted by Crippen LogP contribution is -2.21. The predicted molar refractivity (Wildman–Crippen MR) is 234 cm³/mol. The molecule has 4 nitrogen and oxygen atoms in total. The molecule has 276 valence electrons. The van der Waals surface area contributed by atoms with Gasteiger partial charge in [0.2, 0.25) is 0 Å². The zero-order valence-corrected chi connectivity index (χ0v) is 32.0. The van der Waals surface area contributed by atoms with E-state index in [0.29, 0.717) is 0 Å². The van der Waals surface area contributed by atoms with Crippen molar-refractivity contribution in [3.05, 3.63) is 191 Å². The Labute approximate surface area is 326 Å². The average Bonchev–Trinajstić information content (AvgIpc) is 3.52. The van der Waals surface area contributed by atoms with Gasteiger partial charge in [0, 0.05) is 58.3 Å². The fourth-order valence-electron chi connectivity index (χ4n) is 8.10. The van der Waals surface area contributed by atoms with E-state index in [9.17, 15) is 0 Å². The maximum absolute atomic E-state index is 6.20. The third kappa shape index (κ3) is 8.10. The van der Waals surface area contributed by atoms with Crippen LogP contribution in [0.15, 0.2) is 179 Å². The molecule has 2 aliphatic heterocycles. The molecule has 0 saturated heterocycles. The zero-order valence-electron chi connectivity index (χ0n) is 32.0. The van der Waals surface area contributed by atoms with Crippen molar-refractivity contribution in [2.75, 3.05) is 22.1 Å². The second-order valence-corrected chi connectivity index (χ2v) is 14.7. The van der Waals surface area contributed by atoms with Crippen LogP contribution >= 0.6 is 0 Å². The summed E-state index contributed by atoms with van der Waals surface area (Å²) in [5, 5.41) is 8.34. The first kappa shape index (κ1) is 36.0. The lowest BCUT2D eigenvalue weighted by atomic mass is 9.83. The van der Waals surface area contributed by atoms with E-state index in [1.807, 2.05) is 0 Å². The molecule has 2 N–H and O–H groups in total. The molecule has 1 aromatic heterocycles. The summed E-state index contributed by atoms with van der Waals surface area (Å²) in [6.07, 6.45) is 31.4. The topological polar surface area (TPSA) is 40.4 Å². The molecule has 0 saturated carbocycles. The number of hydrogen-bond acceptors (Lipinski definition) is 4. The molecule has 4 heteroatoms. The Kier molecular flexibility index (Phi) is 11.1. The highest BCUT2D eigenvalue weighted by Crippen LogP contribution is 2.40. The quantitative estimate of drug-likeness (QED) is 0.149. The van der Waals surface area contributed by atoms with Crippen molar-refractivity contribution < 1.29 is 4.42 Å². The number of benzene rings is 4. The summed E-state index contributed by atoms with van der Waals surface area (Å²) in [6, 6.07) is 34.7. The molecule has 0 bridgehead atoms. The fourth-order valence-corrected chi connectivity index (χ4v) is 8.10. The average molecular weight is 722 g/mol. The molecule has 1 aliphatic carbocycles. The van der Waals surface area contributed by atoms with Crippen LogP contribution < -0.4 is 15.5 Å². The first-order chi connectivity index (χ1) is 27.2. The SMILES string of the molecule is CC/C=C\C(/C1=C/C/C2=C(\CC=C1)N(c1ccccc1)c1ccccc1CC=C2)C(C)/C=C\c1ccccc1Nc1ccc2oc3c(c2c1)CCC=CCN3. The van der Waals surface area contributed by atoms with Gasteiger partial charge in [0.1, 0.15) is 5.58 Å². The summed E-state index contributed by atoms with van der Waals surface area (Å²) >= 11 is 0. The number of allylic oxidation sites excluding steroid dienone is 11. The van der Waals surface area contributed by atoms with Crippen LogP contribution in [-0.2, 0) is 12.8 Å². The van der Waals surface area contributed by atoms with Crippen LogP contribution in [0.25, 0.3) is 17.0 Å². The standard InChI is InChI=1S/C51H51N3O/c1-3-4-24-44(38-19-16-28-49-41(32-31-38)21-15-20-40-18-11-13-27-48(40)54(49)43-22-7-5-8-23-43)37(2)29-30-39-17-10-12-26-47(39)53-42-33-34-50-46(36-42)45-25-9-6-14-35-52-51(45)55-50/h4-8,10-19,21-24,26-27,29-31,33-34,36-37,44,52-53H,3,9,20,25,28,32,35H2,1-2H3/b14-6?,19-16?,21-15?,24-4-,30-29-,38-31+,49-41+. The molecule has 0 radical (unpaired) electrons. The molecule has 4 aromatic carbocycles. The Bertz CT molecular complexity index is 2350. The minimum atomic E-state index is 0.254. The zero-order chi connectivity index (χ0) is 37.4. The van der Waals surface area contributed by atoms with Gasteiger partial charge in [0.15, 0.2) is 5.88 Å². The third-order valence-electron chi connectivity index (χ3n) is 11.0. The van der Waals surface area contributed by atoms with E-state index >= 15 is 0 Å². The lowest BCUT2D eigenvalue weighted by Gasteiger charge is -2.33. The van der Waals surface area contributed by atoms with Crippen molar-refractivity contribution >= 4 is 45.7 Å². The molecule has 2 atom stereocenters. The molecular formula is C51H51N3O. The van der Waals surface area contributed by atoms with Gasteiger partial charge < -0.3 is 20.0 Å². The maximum Gasteiger partial charge on any atom is 0.197 e. The Balaban J connectivity index is 1.05. The van der Waals surface area contributed by atoms with Gasteiger partial charge in [0.25, 0.3) is 0 Å². The Morgan fingerprint density at radius 3 is 2.58 bits per heavy atom. The van der Waals surface area contributed by atoms with E-state index in [0.717, 1.165) is 67.9 Å². The number of aryl methyl sites for hydroxylation is 1. The molecule has 8 rings (SSSR count). The predicted octanol–water partition coefficient (Wildman–Crippen LogP) is 13.8. The van der Waals surface area contributed by atoms with Crippen molar-refractivity contribution in [1.82, 2.24) is 0 Å². The highest BCUT2D eigenvalue weighted by Gasteiger charge is 2.23. The van der Waals surface area contributed by atoms with Gasteiger partial charge in [-0.3, -0.25) is 0 Å². The van der Waals surface area contributed by atoms with Crippen LogP contribution in [0, 0.1) is 11.8 Å². The molecular weight excluding hydrogens is 671 g/mol. The van der Waals surface area contributed by atoms with Gasteiger partial charge >= 0.3 is 0 Å². The van der Waals surface area contributed by atoms with E-state index in [1.54, 1.807) is 0 Å². The van der Waals surface area contributed by atoms with Crippen molar-refractivity contribution in [1.29, 1.82) is 0 Å². The molecule has 55 heavy (non-hydrogen) atoms. The summed E-state index contributed by atoms with van der Waals surface area (Å²) in [7, 11) is 0. The molecule has 0 amide bonds. The maximum atomic E-state index is 6.20. The second-order valence-electron chi connectivity index (χ2n) is 14.7. The minimum Gasteiger partial charge on any atom is -0.440 e. The molecule has 5 aromatic rings. The van der Waals surface area contributed by atoms with Gasteiger partial charge in [-0.1, -0.05) is 135 Å². The minimum absolute atomic E-state index is 0.254. The van der Waals surface area contributed by atoms with Crippen LogP contribution in [0.4, 0.5) is 28.6 Å². The van der Waals surface area contributed by atoms with Crippen LogP contribution in [0.2, 0.25) is 0 Å². The van der Waals surface area contributed by atoms with Gasteiger partial charge in [-0.05, 0) is 103 Å². The summed E-state index contributed by atoms with van der Waals surface area (Å²) < 4.78 is 6.20. The van der Waals surface area contributed by atoms with Crippen LogP contribution in [0.1, 0.15) is 56.2 Å². The largest absolute Gasteiger partial charge is 0.440 e. The Morgan fingerprint density at radius 2 is 1.67 bits per heavy atom. The van der Waals surface area contributed by atoms with Gasteiger partial charge in [-0.2, -0.15) is 0 Å². The summed E-state index contributed by atoms with van der Waals surface area (Å²) in [5.74, 6) is 1.43. The number of para-hydroxylation sites is 3. The van der Waals surface area contributed by atoms with E-state index in [1.165, 1.54) is 50.3 Å². The number of furan rings is 1. The number of rotatable bonds is 9. The van der Waals surface area contributed by atoms with E-state index in [-0.39, 0.29) is 11.8 Å². The van der Waals surface area contributed by atoms with Gasteiger partial charge in [0.05, 0.1) is 0 Å². The smallest absolute Gasteiger partial charge is 0.197 e. The highest BCUT2D eigenvalue weighted by atomic mass is 16.3. The number of anilines is 5. The molecule has 2 unspecified atom stereocenters. The molecule has 3 aliphatic rings. The second kappa shape index (κ2) is 17.0. The monoisotopic (exact) mass is 721 g/mol.